The second kappa shape index (κ2) is 7.40. The number of carbonyl (C=O) groups is 1. The lowest BCUT2D eigenvalue weighted by Gasteiger charge is -2.42. The Hall–Kier alpha value is -1.16. The Labute approximate surface area is 135 Å². The summed E-state index contributed by atoms with van der Waals surface area (Å²) < 4.78 is 21.0. The van der Waals surface area contributed by atoms with Gasteiger partial charge in [-0.1, -0.05) is 48.5 Å². The fraction of sp³-hybridized carbons (Fsp3) is 0.611. The Bertz CT molecular complexity index is 502. The van der Waals surface area contributed by atoms with Crippen molar-refractivity contribution in [2.75, 3.05) is 0 Å². The first-order valence-electron chi connectivity index (χ1n) is 8.17. The van der Waals surface area contributed by atoms with Gasteiger partial charge in [-0.15, -0.1) is 0 Å². The van der Waals surface area contributed by atoms with E-state index in [1.807, 2.05) is 6.92 Å². The number of aryl methyl sites for hydroxylation is 1. The monoisotopic (exact) mass is 324 g/mol. The summed E-state index contributed by atoms with van der Waals surface area (Å²) in [4.78, 5) is 11.1. The highest BCUT2D eigenvalue weighted by Crippen LogP contribution is 2.43. The summed E-state index contributed by atoms with van der Waals surface area (Å²) in [5, 5.41) is 0. The van der Waals surface area contributed by atoms with Crippen molar-refractivity contribution in [3.63, 3.8) is 0 Å². The molecular weight excluding hydrogens is 295 g/mol. The summed E-state index contributed by atoms with van der Waals surface area (Å²) in [6, 6.07) is 3.37. The fourth-order valence-electron chi connectivity index (χ4n) is 3.59. The van der Waals surface area contributed by atoms with E-state index in [2.05, 4.69) is 41.5 Å². The van der Waals surface area contributed by atoms with E-state index in [4.69, 9.17) is 4.43 Å². The predicted molar refractivity (Wildman–Crippen MR) is 92.8 cm³/mol. The van der Waals surface area contributed by atoms with Gasteiger partial charge in [-0.2, -0.15) is 0 Å². The third-order valence-electron chi connectivity index (χ3n) is 4.66. The van der Waals surface area contributed by atoms with Gasteiger partial charge < -0.3 is 4.43 Å². The van der Waals surface area contributed by atoms with Crippen LogP contribution < -0.4 is 4.43 Å². The van der Waals surface area contributed by atoms with Crippen LogP contribution in [0.3, 0.4) is 0 Å². The highest BCUT2D eigenvalue weighted by atomic mass is 28.4. The molecule has 124 valence electrons. The minimum Gasteiger partial charge on any atom is -0.541 e. The molecule has 0 N–H and O–H groups in total. The fourth-order valence-corrected chi connectivity index (χ4v) is 8.82. The maximum absolute atomic E-state index is 14.6. The molecule has 4 heteroatoms. The van der Waals surface area contributed by atoms with Gasteiger partial charge in [0, 0.05) is 0 Å². The van der Waals surface area contributed by atoms with E-state index in [-0.39, 0.29) is 11.3 Å². The highest BCUT2D eigenvalue weighted by molar-refractivity contribution is 6.78. The number of carbonyl (C=O) groups excluding carboxylic acids is 1. The number of hydrogen-bond donors (Lipinski definition) is 0. The van der Waals surface area contributed by atoms with E-state index in [0.29, 0.717) is 22.9 Å². The minimum absolute atomic E-state index is 0.0912. The zero-order chi connectivity index (χ0) is 17.1. The number of benzene rings is 1. The quantitative estimate of drug-likeness (QED) is 0.471. The molecule has 0 aromatic heterocycles. The van der Waals surface area contributed by atoms with E-state index in [9.17, 15) is 9.18 Å². The summed E-state index contributed by atoms with van der Waals surface area (Å²) in [7, 11) is -2.23. The van der Waals surface area contributed by atoms with Gasteiger partial charge in [0.2, 0.25) is 0 Å². The normalized spacial score (nSPS) is 12.3. The van der Waals surface area contributed by atoms with E-state index in [0.717, 1.165) is 12.0 Å². The van der Waals surface area contributed by atoms with Gasteiger partial charge in [0.15, 0.2) is 12.1 Å². The molecule has 0 spiro atoms. The molecule has 0 heterocycles. The van der Waals surface area contributed by atoms with Crippen molar-refractivity contribution in [1.29, 1.82) is 0 Å². The molecule has 1 rings (SSSR count). The van der Waals surface area contributed by atoms with Gasteiger partial charge in [0.05, 0.1) is 5.56 Å². The van der Waals surface area contributed by atoms with Crippen molar-refractivity contribution in [3.05, 3.63) is 29.1 Å². The number of halogens is 1. The van der Waals surface area contributed by atoms with Crippen molar-refractivity contribution < 1.29 is 13.6 Å². The molecule has 0 saturated carbocycles. The molecule has 1 aromatic rings. The third kappa shape index (κ3) is 3.42. The molecule has 0 saturated heterocycles. The van der Waals surface area contributed by atoms with Crippen molar-refractivity contribution >= 4 is 14.6 Å². The van der Waals surface area contributed by atoms with Crippen LogP contribution >= 0.6 is 0 Å². The molecular formula is C18H29FO2Si. The van der Waals surface area contributed by atoms with Crippen LogP contribution in [-0.2, 0) is 6.42 Å². The molecule has 1 aromatic carbocycles. The van der Waals surface area contributed by atoms with Crippen LogP contribution in [0.1, 0.15) is 64.4 Å². The zero-order valence-electron chi connectivity index (χ0n) is 14.9. The summed E-state index contributed by atoms with van der Waals surface area (Å²) in [6.07, 6.45) is 1.32. The second-order valence-corrected chi connectivity index (χ2v) is 12.3. The van der Waals surface area contributed by atoms with Gasteiger partial charge in [-0.05, 0) is 40.7 Å². The third-order valence-corrected chi connectivity index (χ3v) is 10.6. The molecule has 0 radical (unpaired) electrons. The average molecular weight is 325 g/mol. The van der Waals surface area contributed by atoms with Crippen LogP contribution in [0.15, 0.2) is 12.1 Å². The van der Waals surface area contributed by atoms with Gasteiger partial charge in [-0.25, -0.2) is 4.39 Å². The second-order valence-electron chi connectivity index (χ2n) is 6.89. The Morgan fingerprint density at radius 1 is 1.09 bits per heavy atom. The van der Waals surface area contributed by atoms with Crippen molar-refractivity contribution in [1.82, 2.24) is 0 Å². The van der Waals surface area contributed by atoms with Crippen molar-refractivity contribution in [2.24, 2.45) is 0 Å². The van der Waals surface area contributed by atoms with E-state index in [1.165, 1.54) is 0 Å². The summed E-state index contributed by atoms with van der Waals surface area (Å²) in [5.41, 5.74) is 2.09. The maximum atomic E-state index is 14.6. The van der Waals surface area contributed by atoms with Crippen LogP contribution in [0, 0.1) is 5.82 Å². The number of rotatable bonds is 7. The topological polar surface area (TPSA) is 26.3 Å². The molecule has 0 bridgehead atoms. The van der Waals surface area contributed by atoms with Gasteiger partial charge in [-0.3, -0.25) is 4.79 Å². The molecule has 0 aliphatic carbocycles. The molecule has 0 atom stereocenters. The van der Waals surface area contributed by atoms with Gasteiger partial charge >= 0.3 is 0 Å². The minimum atomic E-state index is -2.23. The molecule has 0 fully saturated rings. The van der Waals surface area contributed by atoms with Crippen LogP contribution in [0.25, 0.3) is 0 Å². The Morgan fingerprint density at radius 3 is 1.95 bits per heavy atom. The molecule has 0 aliphatic heterocycles. The van der Waals surface area contributed by atoms with Crippen LogP contribution in [0.2, 0.25) is 16.6 Å². The van der Waals surface area contributed by atoms with Crippen LogP contribution in [0.5, 0.6) is 5.75 Å². The Balaban J connectivity index is 3.44. The van der Waals surface area contributed by atoms with E-state index < -0.39 is 14.1 Å². The predicted octanol–water partition coefficient (Wildman–Crippen LogP) is 5.75. The van der Waals surface area contributed by atoms with Crippen LogP contribution in [0.4, 0.5) is 4.39 Å². The van der Waals surface area contributed by atoms with Crippen molar-refractivity contribution in [3.8, 4) is 5.75 Å². The Kier molecular flexibility index (Phi) is 6.35. The lowest BCUT2D eigenvalue weighted by atomic mass is 10.1. The smallest absolute Gasteiger partial charge is 0.258 e. The lowest BCUT2D eigenvalue weighted by molar-refractivity contribution is 0.111. The first-order valence-corrected chi connectivity index (χ1v) is 10.3. The lowest BCUT2D eigenvalue weighted by Crippen LogP contribution is -2.50. The molecule has 0 unspecified atom stereocenters. The highest BCUT2D eigenvalue weighted by Gasteiger charge is 2.47. The van der Waals surface area contributed by atoms with E-state index >= 15 is 0 Å². The van der Waals surface area contributed by atoms with Gasteiger partial charge in [0.1, 0.15) is 5.75 Å². The molecule has 22 heavy (non-hydrogen) atoms. The SMILES string of the molecule is CCc1cc(C=O)c(F)c(O[Si](C(C)C)(C(C)C)C(C)C)c1. The standard InChI is InChI=1S/C18H29FO2Si/c1-8-15-9-16(11-20)18(19)17(10-15)21-22(12(2)3,13(4)5)14(6)7/h9-14H,8H2,1-7H3. The zero-order valence-corrected chi connectivity index (χ0v) is 15.9. The first-order chi connectivity index (χ1) is 10.2. The number of hydrogen-bond acceptors (Lipinski definition) is 2. The summed E-state index contributed by atoms with van der Waals surface area (Å²) >= 11 is 0. The maximum Gasteiger partial charge on any atom is 0.258 e. The summed E-state index contributed by atoms with van der Waals surface area (Å²) in [5.74, 6) is -0.268. The van der Waals surface area contributed by atoms with Crippen molar-refractivity contribution in [2.45, 2.75) is 71.5 Å². The van der Waals surface area contributed by atoms with Gasteiger partial charge in [0.25, 0.3) is 8.32 Å². The molecule has 0 aliphatic rings. The summed E-state index contributed by atoms with van der Waals surface area (Å²) in [6.45, 7) is 15.0. The largest absolute Gasteiger partial charge is 0.541 e. The van der Waals surface area contributed by atoms with E-state index in [1.54, 1.807) is 12.1 Å². The first kappa shape index (κ1) is 18.9. The molecule has 0 amide bonds. The van der Waals surface area contributed by atoms with Crippen LogP contribution in [-0.4, -0.2) is 14.6 Å². The average Bonchev–Trinajstić information content (AvgIpc) is 2.44. The number of aldehydes is 1. The molecule has 2 nitrogen and oxygen atoms in total. The Morgan fingerprint density at radius 2 is 1.59 bits per heavy atom.